The van der Waals surface area contributed by atoms with Gasteiger partial charge in [0.15, 0.2) is 0 Å². The van der Waals surface area contributed by atoms with Crippen molar-refractivity contribution in [3.63, 3.8) is 0 Å². The van der Waals surface area contributed by atoms with Gasteiger partial charge in [0, 0.05) is 18.0 Å². The maximum absolute atomic E-state index is 12.3. The molecule has 1 atom stereocenters. The molecule has 2 heterocycles. The lowest BCUT2D eigenvalue weighted by Gasteiger charge is -2.16. The third kappa shape index (κ3) is 3.80. The normalized spacial score (nSPS) is 18.2. The van der Waals surface area contributed by atoms with E-state index in [0.717, 1.165) is 11.3 Å². The summed E-state index contributed by atoms with van der Waals surface area (Å²) < 4.78 is 29.0. The summed E-state index contributed by atoms with van der Waals surface area (Å²) in [4.78, 5) is 15.0. The van der Waals surface area contributed by atoms with Gasteiger partial charge < -0.3 is 15.4 Å². The molecule has 1 aromatic heterocycles. The predicted molar refractivity (Wildman–Crippen MR) is 76.0 cm³/mol. The van der Waals surface area contributed by atoms with Gasteiger partial charge >= 0.3 is 6.61 Å². The third-order valence-corrected chi connectivity index (χ3v) is 4.16. The van der Waals surface area contributed by atoms with Crippen LogP contribution in [-0.4, -0.2) is 37.1 Å². The number of hydrogen-bond acceptors (Lipinski definition) is 4. The Morgan fingerprint density at radius 2 is 2.35 bits per heavy atom. The van der Waals surface area contributed by atoms with Gasteiger partial charge in [-0.05, 0) is 31.9 Å². The number of rotatable bonds is 4. The minimum Gasteiger partial charge on any atom is -0.433 e. The highest BCUT2D eigenvalue weighted by Gasteiger charge is 2.29. The molecule has 20 heavy (non-hydrogen) atoms. The topological polar surface area (TPSA) is 55.6 Å². The largest absolute Gasteiger partial charge is 0.433 e. The molecule has 1 aliphatic rings. The molecular weight excluding hydrogens is 310 g/mol. The van der Waals surface area contributed by atoms with Gasteiger partial charge in [0.1, 0.15) is 10.6 Å². The van der Waals surface area contributed by atoms with Gasteiger partial charge in [-0.25, -0.2) is 0 Å². The number of alkyl halides is 2. The van der Waals surface area contributed by atoms with E-state index in [2.05, 4.69) is 4.74 Å². The van der Waals surface area contributed by atoms with E-state index in [1.165, 1.54) is 17.4 Å². The number of thiophene rings is 1. The molecule has 2 rings (SSSR count). The predicted octanol–water partition coefficient (Wildman–Crippen LogP) is 2.50. The second kappa shape index (κ2) is 7.19. The van der Waals surface area contributed by atoms with Crippen LogP contribution in [0.4, 0.5) is 8.78 Å². The fraction of sp³-hybridized carbons (Fsp3) is 0.583. The van der Waals surface area contributed by atoms with E-state index in [4.69, 9.17) is 5.73 Å². The molecule has 2 N–H and O–H groups in total. The van der Waals surface area contributed by atoms with Gasteiger partial charge in [0.25, 0.3) is 5.91 Å². The summed E-state index contributed by atoms with van der Waals surface area (Å²) in [6.45, 7) is 0.572. The fourth-order valence-corrected chi connectivity index (χ4v) is 3.09. The molecule has 0 radical (unpaired) electrons. The van der Waals surface area contributed by atoms with Crippen molar-refractivity contribution in [3.05, 3.63) is 15.8 Å². The fourth-order valence-electron chi connectivity index (χ4n) is 2.18. The van der Waals surface area contributed by atoms with E-state index in [0.29, 0.717) is 25.6 Å². The van der Waals surface area contributed by atoms with Crippen molar-refractivity contribution in [3.8, 4) is 5.75 Å². The molecule has 0 saturated carbocycles. The number of nitrogens with two attached hydrogens (primary N) is 1. The van der Waals surface area contributed by atoms with Crippen LogP contribution in [0.3, 0.4) is 0 Å². The minimum atomic E-state index is -2.92. The highest BCUT2D eigenvalue weighted by atomic mass is 35.5. The Kier molecular flexibility index (Phi) is 6.16. The summed E-state index contributed by atoms with van der Waals surface area (Å²) in [5.41, 5.74) is 5.58. The zero-order valence-corrected chi connectivity index (χ0v) is 12.6. The smallest absolute Gasteiger partial charge is 0.387 e. The van der Waals surface area contributed by atoms with Crippen molar-refractivity contribution in [1.82, 2.24) is 4.90 Å². The molecule has 114 valence electrons. The first kappa shape index (κ1) is 17.1. The first-order chi connectivity index (χ1) is 9.01. The van der Waals surface area contributed by atoms with Gasteiger partial charge in [-0.1, -0.05) is 0 Å². The Labute approximate surface area is 126 Å². The number of carbonyl (C=O) groups is 1. The van der Waals surface area contributed by atoms with E-state index < -0.39 is 6.61 Å². The Hall–Kier alpha value is -0.920. The van der Waals surface area contributed by atoms with Crippen molar-refractivity contribution in [2.24, 2.45) is 11.7 Å². The van der Waals surface area contributed by atoms with Crippen LogP contribution in [0, 0.1) is 12.8 Å². The van der Waals surface area contributed by atoms with Gasteiger partial charge in [-0.15, -0.1) is 23.7 Å². The quantitative estimate of drug-likeness (QED) is 0.925. The van der Waals surface area contributed by atoms with Crippen molar-refractivity contribution < 1.29 is 18.3 Å². The average molecular weight is 327 g/mol. The molecule has 1 saturated heterocycles. The van der Waals surface area contributed by atoms with Crippen LogP contribution in [0.15, 0.2) is 6.07 Å². The van der Waals surface area contributed by atoms with Crippen LogP contribution in [0.5, 0.6) is 5.75 Å². The minimum absolute atomic E-state index is 0. The summed E-state index contributed by atoms with van der Waals surface area (Å²) in [5, 5.41) is 0. The molecule has 0 bridgehead atoms. The highest BCUT2D eigenvalue weighted by Crippen LogP contribution is 2.32. The maximum Gasteiger partial charge on any atom is 0.387 e. The Morgan fingerprint density at radius 3 is 2.90 bits per heavy atom. The van der Waals surface area contributed by atoms with E-state index >= 15 is 0 Å². The van der Waals surface area contributed by atoms with Crippen LogP contribution in [0.1, 0.15) is 21.0 Å². The summed E-state index contributed by atoms with van der Waals surface area (Å²) in [7, 11) is 0. The van der Waals surface area contributed by atoms with Gasteiger partial charge in [0.05, 0.1) is 0 Å². The number of amides is 1. The van der Waals surface area contributed by atoms with Crippen molar-refractivity contribution in [2.45, 2.75) is 20.0 Å². The molecular formula is C12H17ClF2N2O2S. The maximum atomic E-state index is 12.3. The van der Waals surface area contributed by atoms with E-state index in [9.17, 15) is 13.6 Å². The van der Waals surface area contributed by atoms with Crippen LogP contribution in [-0.2, 0) is 0 Å². The second-order valence-corrected chi connectivity index (χ2v) is 5.83. The van der Waals surface area contributed by atoms with E-state index in [-0.39, 0.29) is 28.9 Å². The summed E-state index contributed by atoms with van der Waals surface area (Å²) >= 11 is 1.18. The molecule has 4 nitrogen and oxygen atoms in total. The molecule has 0 aliphatic carbocycles. The number of likely N-dealkylation sites (tertiary alicyclic amines) is 1. The lowest BCUT2D eigenvalue weighted by atomic mass is 10.1. The lowest BCUT2D eigenvalue weighted by molar-refractivity contribution is -0.0499. The molecule has 1 unspecified atom stereocenters. The summed E-state index contributed by atoms with van der Waals surface area (Å²) in [6, 6.07) is 1.47. The number of nitrogens with zero attached hydrogens (tertiary/aromatic N) is 1. The zero-order valence-electron chi connectivity index (χ0n) is 11.0. The molecule has 8 heteroatoms. The van der Waals surface area contributed by atoms with Crippen molar-refractivity contribution in [2.75, 3.05) is 19.6 Å². The second-order valence-electron chi connectivity index (χ2n) is 4.57. The van der Waals surface area contributed by atoms with Crippen molar-refractivity contribution >= 4 is 29.7 Å². The summed E-state index contributed by atoms with van der Waals surface area (Å²) in [5.74, 6) is 0.0212. The molecule has 1 aromatic rings. The molecule has 1 fully saturated rings. The van der Waals surface area contributed by atoms with Gasteiger partial charge in [-0.2, -0.15) is 8.78 Å². The Morgan fingerprint density at radius 1 is 1.65 bits per heavy atom. The number of ether oxygens (including phenoxy) is 1. The number of hydrogen-bond donors (Lipinski definition) is 1. The number of aryl methyl sites for hydroxylation is 1. The third-order valence-electron chi connectivity index (χ3n) is 3.14. The first-order valence-electron chi connectivity index (χ1n) is 6.06. The molecule has 0 aromatic carbocycles. The van der Waals surface area contributed by atoms with Crippen LogP contribution < -0.4 is 10.5 Å². The molecule has 0 spiro atoms. The monoisotopic (exact) mass is 326 g/mol. The van der Waals surface area contributed by atoms with Crippen LogP contribution >= 0.6 is 23.7 Å². The summed E-state index contributed by atoms with van der Waals surface area (Å²) in [6.07, 6.45) is 0.859. The zero-order chi connectivity index (χ0) is 14.0. The van der Waals surface area contributed by atoms with Crippen LogP contribution in [0.2, 0.25) is 0 Å². The lowest BCUT2D eigenvalue weighted by Crippen LogP contribution is -2.29. The SMILES string of the molecule is Cc1cc(OC(F)F)c(C(=O)N2CCC(CN)C2)s1.Cl. The van der Waals surface area contributed by atoms with E-state index in [1.807, 2.05) is 0 Å². The molecule has 1 amide bonds. The average Bonchev–Trinajstić information content (AvgIpc) is 2.94. The van der Waals surface area contributed by atoms with Crippen molar-refractivity contribution in [1.29, 1.82) is 0 Å². The number of halogens is 3. The standard InChI is InChI=1S/C12H16F2N2O2S.ClH/c1-7-4-9(18-12(13)14)10(19-7)11(17)16-3-2-8(5-15)6-16;/h4,8,12H,2-3,5-6,15H2,1H3;1H. The van der Waals surface area contributed by atoms with Gasteiger partial charge in [-0.3, -0.25) is 4.79 Å². The van der Waals surface area contributed by atoms with Gasteiger partial charge in [0.2, 0.25) is 0 Å². The first-order valence-corrected chi connectivity index (χ1v) is 6.87. The van der Waals surface area contributed by atoms with E-state index in [1.54, 1.807) is 11.8 Å². The van der Waals surface area contributed by atoms with Crippen LogP contribution in [0.25, 0.3) is 0 Å². The number of carbonyl (C=O) groups excluding carboxylic acids is 1. The Bertz CT molecular complexity index is 470. The highest BCUT2D eigenvalue weighted by molar-refractivity contribution is 7.14. The Balaban J connectivity index is 0.00000200. The molecule has 1 aliphatic heterocycles.